The van der Waals surface area contributed by atoms with Crippen LogP contribution in [0.4, 0.5) is 0 Å². The standard InChI is InChI=1S/C22H26ClN3O3/c1-16(18-5-6-20-21(12-18)29-15-28-20)24-22(27)14-26-9-7-25(8-10-26)13-17-3-2-4-19(23)11-17/h2-6,11-12,16H,7-10,13-15H2,1H3,(H,24,27)/p+2/t16-/m1/s1. The summed E-state index contributed by atoms with van der Waals surface area (Å²) in [5.74, 6) is 1.59. The molecule has 0 aliphatic carbocycles. The lowest BCUT2D eigenvalue weighted by Crippen LogP contribution is -3.28. The van der Waals surface area contributed by atoms with Gasteiger partial charge in [-0.25, -0.2) is 0 Å². The van der Waals surface area contributed by atoms with Crippen LogP contribution in [0.1, 0.15) is 24.1 Å². The van der Waals surface area contributed by atoms with E-state index in [1.54, 1.807) is 4.90 Å². The highest BCUT2D eigenvalue weighted by Gasteiger charge is 2.25. The van der Waals surface area contributed by atoms with Gasteiger partial charge in [0.15, 0.2) is 18.0 Å². The number of amides is 1. The lowest BCUT2D eigenvalue weighted by atomic mass is 10.1. The number of halogens is 1. The fourth-order valence-corrected chi connectivity index (χ4v) is 4.24. The van der Waals surface area contributed by atoms with Crippen molar-refractivity contribution in [2.24, 2.45) is 0 Å². The summed E-state index contributed by atoms with van der Waals surface area (Å²) in [5.41, 5.74) is 2.29. The number of rotatable bonds is 6. The Kier molecular flexibility index (Phi) is 6.23. The Morgan fingerprint density at radius 2 is 1.83 bits per heavy atom. The zero-order valence-corrected chi connectivity index (χ0v) is 17.4. The Morgan fingerprint density at radius 1 is 1.07 bits per heavy atom. The first-order valence-corrected chi connectivity index (χ1v) is 10.5. The maximum atomic E-state index is 12.5. The van der Waals surface area contributed by atoms with Crippen molar-refractivity contribution < 1.29 is 24.1 Å². The molecule has 0 bridgehead atoms. The van der Waals surface area contributed by atoms with Crippen molar-refractivity contribution in [1.29, 1.82) is 0 Å². The molecule has 0 spiro atoms. The summed E-state index contributed by atoms with van der Waals surface area (Å²) < 4.78 is 10.8. The maximum Gasteiger partial charge on any atom is 0.275 e. The molecule has 154 valence electrons. The Bertz CT molecular complexity index is 868. The predicted octanol–water partition coefficient (Wildman–Crippen LogP) is 0.230. The number of hydrogen-bond donors (Lipinski definition) is 3. The minimum atomic E-state index is -0.0638. The Labute approximate surface area is 176 Å². The third-order valence-corrected chi connectivity index (χ3v) is 5.93. The minimum absolute atomic E-state index is 0.0638. The number of hydrogen-bond acceptors (Lipinski definition) is 3. The van der Waals surface area contributed by atoms with Gasteiger partial charge in [-0.15, -0.1) is 0 Å². The number of carbonyl (C=O) groups excluding carboxylic acids is 1. The molecule has 1 amide bonds. The van der Waals surface area contributed by atoms with Crippen molar-refractivity contribution in [3.63, 3.8) is 0 Å². The van der Waals surface area contributed by atoms with Crippen LogP contribution in [-0.4, -0.2) is 45.4 Å². The molecule has 2 aromatic rings. The van der Waals surface area contributed by atoms with Crippen molar-refractivity contribution in [2.45, 2.75) is 19.5 Å². The Balaban J connectivity index is 1.22. The van der Waals surface area contributed by atoms with E-state index in [-0.39, 0.29) is 18.7 Å². The Morgan fingerprint density at radius 3 is 2.62 bits per heavy atom. The van der Waals surface area contributed by atoms with Gasteiger partial charge in [0.05, 0.1) is 6.04 Å². The second kappa shape index (κ2) is 9.03. The largest absolute Gasteiger partial charge is 0.454 e. The molecule has 6 nitrogen and oxygen atoms in total. The molecule has 2 aliphatic rings. The van der Waals surface area contributed by atoms with Gasteiger partial charge in [-0.1, -0.05) is 29.8 Å². The summed E-state index contributed by atoms with van der Waals surface area (Å²) in [5, 5.41) is 3.91. The molecular formula is C22H28ClN3O3+2. The van der Waals surface area contributed by atoms with Gasteiger partial charge in [0, 0.05) is 10.6 Å². The smallest absolute Gasteiger partial charge is 0.275 e. The number of benzene rings is 2. The zero-order valence-electron chi connectivity index (χ0n) is 16.7. The molecule has 2 aliphatic heterocycles. The average Bonchev–Trinajstić information content (AvgIpc) is 3.17. The number of quaternary nitrogens is 2. The highest BCUT2D eigenvalue weighted by atomic mass is 35.5. The second-order valence-corrected chi connectivity index (χ2v) is 8.32. The number of nitrogens with one attached hydrogen (secondary N) is 3. The van der Waals surface area contributed by atoms with E-state index in [4.69, 9.17) is 21.1 Å². The molecular weight excluding hydrogens is 390 g/mol. The van der Waals surface area contributed by atoms with E-state index >= 15 is 0 Å². The summed E-state index contributed by atoms with van der Waals surface area (Å²) in [7, 11) is 0. The van der Waals surface area contributed by atoms with Gasteiger partial charge in [0.25, 0.3) is 5.91 Å². The highest BCUT2D eigenvalue weighted by Crippen LogP contribution is 2.34. The minimum Gasteiger partial charge on any atom is -0.454 e. The van der Waals surface area contributed by atoms with Crippen LogP contribution in [0.25, 0.3) is 0 Å². The highest BCUT2D eigenvalue weighted by molar-refractivity contribution is 6.30. The fraction of sp³-hybridized carbons (Fsp3) is 0.409. The monoisotopic (exact) mass is 417 g/mol. The average molecular weight is 418 g/mol. The van der Waals surface area contributed by atoms with E-state index in [2.05, 4.69) is 11.4 Å². The number of carbonyl (C=O) groups is 1. The third kappa shape index (κ3) is 5.21. The van der Waals surface area contributed by atoms with Gasteiger partial charge in [-0.2, -0.15) is 0 Å². The van der Waals surface area contributed by atoms with Crippen LogP contribution in [-0.2, 0) is 11.3 Å². The van der Waals surface area contributed by atoms with Crippen molar-refractivity contribution in [3.8, 4) is 11.5 Å². The van der Waals surface area contributed by atoms with Gasteiger partial charge < -0.3 is 24.6 Å². The van der Waals surface area contributed by atoms with Crippen LogP contribution >= 0.6 is 11.6 Å². The molecule has 1 saturated heterocycles. The van der Waals surface area contributed by atoms with Gasteiger partial charge in [-0.3, -0.25) is 4.79 Å². The predicted molar refractivity (Wildman–Crippen MR) is 111 cm³/mol. The maximum absolute atomic E-state index is 12.5. The van der Waals surface area contributed by atoms with E-state index in [9.17, 15) is 4.79 Å². The Hall–Kier alpha value is -2.28. The lowest BCUT2D eigenvalue weighted by Gasteiger charge is -2.29. The second-order valence-electron chi connectivity index (χ2n) is 7.89. The van der Waals surface area contributed by atoms with Crippen LogP contribution < -0.4 is 24.6 Å². The van der Waals surface area contributed by atoms with E-state index < -0.39 is 0 Å². The summed E-state index contributed by atoms with van der Waals surface area (Å²) in [6.07, 6.45) is 0. The first kappa shape index (κ1) is 20.0. The van der Waals surface area contributed by atoms with Crippen LogP contribution in [0.5, 0.6) is 11.5 Å². The lowest BCUT2D eigenvalue weighted by molar-refractivity contribution is -1.02. The summed E-state index contributed by atoms with van der Waals surface area (Å²) in [6.45, 7) is 7.88. The molecule has 0 unspecified atom stereocenters. The molecule has 0 aromatic heterocycles. The fourth-order valence-electron chi connectivity index (χ4n) is 4.03. The van der Waals surface area contributed by atoms with E-state index in [0.29, 0.717) is 6.54 Å². The van der Waals surface area contributed by atoms with Gasteiger partial charge in [0.1, 0.15) is 32.7 Å². The molecule has 0 saturated carbocycles. The molecule has 2 aromatic carbocycles. The summed E-state index contributed by atoms with van der Waals surface area (Å²) in [4.78, 5) is 15.4. The molecule has 29 heavy (non-hydrogen) atoms. The van der Waals surface area contributed by atoms with Crippen LogP contribution in [0.15, 0.2) is 42.5 Å². The van der Waals surface area contributed by atoms with E-state index in [1.165, 1.54) is 10.5 Å². The molecule has 4 rings (SSSR count). The van der Waals surface area contributed by atoms with Crippen LogP contribution in [0.2, 0.25) is 5.02 Å². The quantitative estimate of drug-likeness (QED) is 0.630. The topological polar surface area (TPSA) is 56.4 Å². The molecule has 2 heterocycles. The molecule has 0 radical (unpaired) electrons. The molecule has 1 fully saturated rings. The summed E-state index contributed by atoms with van der Waals surface area (Å²) >= 11 is 6.09. The van der Waals surface area contributed by atoms with Crippen LogP contribution in [0, 0.1) is 0 Å². The van der Waals surface area contributed by atoms with Crippen molar-refractivity contribution in [3.05, 3.63) is 58.6 Å². The third-order valence-electron chi connectivity index (χ3n) is 5.69. The van der Waals surface area contributed by atoms with Crippen LogP contribution in [0.3, 0.4) is 0 Å². The van der Waals surface area contributed by atoms with Crippen molar-refractivity contribution in [1.82, 2.24) is 5.32 Å². The number of piperazine rings is 1. The first-order chi connectivity index (χ1) is 14.1. The van der Waals surface area contributed by atoms with Gasteiger partial charge in [-0.05, 0) is 36.8 Å². The number of ether oxygens (including phenoxy) is 2. The van der Waals surface area contributed by atoms with E-state index in [1.807, 2.05) is 43.3 Å². The molecule has 7 heteroatoms. The SMILES string of the molecule is C[C@@H](NC(=O)C[NH+]1CC[NH+](Cc2cccc(Cl)c2)CC1)c1ccc2c(c1)OCO2. The van der Waals surface area contributed by atoms with Gasteiger partial charge in [0.2, 0.25) is 6.79 Å². The normalized spacial score (nSPS) is 21.6. The molecule has 3 N–H and O–H groups in total. The van der Waals surface area contributed by atoms with E-state index in [0.717, 1.165) is 54.8 Å². The summed E-state index contributed by atoms with van der Waals surface area (Å²) in [6, 6.07) is 13.8. The molecule has 1 atom stereocenters. The van der Waals surface area contributed by atoms with Crippen molar-refractivity contribution >= 4 is 17.5 Å². The van der Waals surface area contributed by atoms with Crippen molar-refractivity contribution in [2.75, 3.05) is 39.5 Å². The zero-order chi connectivity index (χ0) is 20.2. The van der Waals surface area contributed by atoms with Gasteiger partial charge >= 0.3 is 0 Å². The first-order valence-electron chi connectivity index (χ1n) is 10.2. The number of fused-ring (bicyclic) bond motifs is 1.